The second kappa shape index (κ2) is 4.37. The molecule has 0 aromatic rings. The van der Waals surface area contributed by atoms with E-state index in [4.69, 9.17) is 39.9 Å². The van der Waals surface area contributed by atoms with E-state index in [0.717, 1.165) is 0 Å². The molecule has 0 bridgehead atoms. The molecule has 2 N–H and O–H groups in total. The van der Waals surface area contributed by atoms with E-state index < -0.39 is 21.8 Å². The molecule has 1 fully saturated rings. The summed E-state index contributed by atoms with van der Waals surface area (Å²) in [7, 11) is 0. The van der Waals surface area contributed by atoms with Crippen LogP contribution in [0.3, 0.4) is 0 Å². The second-order valence-corrected chi connectivity index (χ2v) is 6.90. The Morgan fingerprint density at radius 2 is 1.94 bits per heavy atom. The number of allylic oxidation sites excluding steroid dienone is 1. The van der Waals surface area contributed by atoms with Crippen LogP contribution in [0.5, 0.6) is 0 Å². The quantitative estimate of drug-likeness (QED) is 0.620. The van der Waals surface area contributed by atoms with Crippen molar-refractivity contribution in [3.05, 3.63) is 12.2 Å². The van der Waals surface area contributed by atoms with Gasteiger partial charge in [0, 0.05) is 0 Å². The highest BCUT2D eigenvalue weighted by molar-refractivity contribution is 6.68. The number of carboxylic acids is 1. The van der Waals surface area contributed by atoms with Gasteiger partial charge in [0.05, 0.1) is 5.92 Å². The van der Waals surface area contributed by atoms with Crippen LogP contribution < -0.4 is 0 Å². The van der Waals surface area contributed by atoms with Gasteiger partial charge in [0.2, 0.25) is 3.79 Å². The minimum absolute atomic E-state index is 0.132. The van der Waals surface area contributed by atoms with E-state index >= 15 is 0 Å². The van der Waals surface area contributed by atoms with E-state index in [9.17, 15) is 9.90 Å². The lowest BCUT2D eigenvalue weighted by Crippen LogP contribution is -2.22. The van der Waals surface area contributed by atoms with Gasteiger partial charge < -0.3 is 10.2 Å². The number of hydrogen-bond acceptors (Lipinski definition) is 2. The van der Waals surface area contributed by atoms with Crippen LogP contribution in [0, 0.1) is 17.3 Å². The topological polar surface area (TPSA) is 57.5 Å². The van der Waals surface area contributed by atoms with Crippen LogP contribution in [0.15, 0.2) is 12.2 Å². The lowest BCUT2D eigenvalue weighted by atomic mass is 10.1. The Morgan fingerprint density at radius 3 is 2.25 bits per heavy atom. The molecule has 0 radical (unpaired) electrons. The highest BCUT2D eigenvalue weighted by Gasteiger charge is 2.60. The van der Waals surface area contributed by atoms with E-state index in [1.54, 1.807) is 6.08 Å². The minimum Gasteiger partial charge on any atom is -0.481 e. The summed E-state index contributed by atoms with van der Waals surface area (Å²) in [6.07, 6.45) is 1.71. The van der Waals surface area contributed by atoms with E-state index in [1.165, 1.54) is 6.08 Å². The van der Waals surface area contributed by atoms with Crippen LogP contribution in [-0.2, 0) is 4.79 Å². The van der Waals surface area contributed by atoms with Gasteiger partial charge in [-0.15, -0.1) is 0 Å². The van der Waals surface area contributed by atoms with Crippen molar-refractivity contribution >= 4 is 40.8 Å². The number of aliphatic carboxylic acids is 1. The van der Waals surface area contributed by atoms with Crippen LogP contribution in [0.25, 0.3) is 0 Å². The zero-order valence-electron chi connectivity index (χ0n) is 8.82. The first-order valence-corrected chi connectivity index (χ1v) is 5.87. The summed E-state index contributed by atoms with van der Waals surface area (Å²) in [5.74, 6) is -1.42. The van der Waals surface area contributed by atoms with Gasteiger partial charge in [0.15, 0.2) is 0 Å². The normalized spacial score (nSPS) is 30.4. The van der Waals surface area contributed by atoms with Gasteiger partial charge in [-0.2, -0.15) is 0 Å². The zero-order chi connectivity index (χ0) is 12.7. The van der Waals surface area contributed by atoms with Gasteiger partial charge in [0.25, 0.3) is 0 Å². The number of carbonyl (C=O) groups is 1. The average Bonchev–Trinajstić information content (AvgIpc) is 2.62. The van der Waals surface area contributed by atoms with Gasteiger partial charge >= 0.3 is 5.97 Å². The Bertz CT molecular complexity index is 320. The van der Waals surface area contributed by atoms with E-state index in [-0.39, 0.29) is 11.3 Å². The van der Waals surface area contributed by atoms with Crippen LogP contribution >= 0.6 is 34.8 Å². The molecule has 0 saturated heterocycles. The molecule has 0 amide bonds. The highest BCUT2D eigenvalue weighted by atomic mass is 35.6. The van der Waals surface area contributed by atoms with Crippen LogP contribution in [0.1, 0.15) is 13.8 Å². The van der Waals surface area contributed by atoms with Crippen molar-refractivity contribution in [2.45, 2.75) is 23.7 Å². The monoisotopic (exact) mass is 286 g/mol. The average molecular weight is 288 g/mol. The first kappa shape index (κ1) is 14.1. The molecule has 92 valence electrons. The molecule has 3 atom stereocenters. The van der Waals surface area contributed by atoms with Crippen molar-refractivity contribution in [1.29, 1.82) is 0 Å². The Labute approximate surface area is 109 Å². The summed E-state index contributed by atoms with van der Waals surface area (Å²) >= 11 is 16.4. The van der Waals surface area contributed by atoms with Crippen molar-refractivity contribution in [3.63, 3.8) is 0 Å². The molecule has 3 nitrogen and oxygen atoms in total. The third-order valence-corrected chi connectivity index (χ3v) is 3.68. The maximum Gasteiger partial charge on any atom is 0.307 e. The predicted molar refractivity (Wildman–Crippen MR) is 63.8 cm³/mol. The van der Waals surface area contributed by atoms with Crippen molar-refractivity contribution in [2.24, 2.45) is 17.3 Å². The Balaban J connectivity index is 2.64. The second-order valence-electron chi connectivity index (χ2n) is 4.53. The number of halogens is 3. The Kier molecular flexibility index (Phi) is 3.85. The fourth-order valence-corrected chi connectivity index (χ4v) is 2.06. The third-order valence-electron chi connectivity index (χ3n) is 3.01. The molecule has 1 rings (SSSR count). The van der Waals surface area contributed by atoms with Crippen LogP contribution in [-0.4, -0.2) is 26.1 Å². The van der Waals surface area contributed by atoms with Crippen molar-refractivity contribution in [1.82, 2.24) is 0 Å². The summed E-state index contributed by atoms with van der Waals surface area (Å²) in [4.78, 5) is 10.9. The molecule has 1 aliphatic rings. The minimum atomic E-state index is -1.78. The molecule has 6 heteroatoms. The molecule has 0 aromatic heterocycles. The van der Waals surface area contributed by atoms with Crippen molar-refractivity contribution in [3.8, 4) is 0 Å². The number of carboxylic acid groups (broad SMARTS) is 1. The largest absolute Gasteiger partial charge is 0.481 e. The first-order chi connectivity index (χ1) is 7.08. The molecule has 0 aliphatic heterocycles. The SMILES string of the molecule is CC1(C)C(C=CC(O)C(Cl)(Cl)Cl)C1C(=O)O. The van der Waals surface area contributed by atoms with Crippen molar-refractivity contribution < 1.29 is 15.0 Å². The summed E-state index contributed by atoms with van der Waals surface area (Å²) in [5.41, 5.74) is -0.310. The first-order valence-electron chi connectivity index (χ1n) is 4.74. The van der Waals surface area contributed by atoms with Crippen LogP contribution in [0.4, 0.5) is 0 Å². The maximum absolute atomic E-state index is 10.9. The standard InChI is InChI=1S/C10H13Cl3O3/c1-9(2)5(7(9)8(15)16)3-4-6(14)10(11,12)13/h3-7,14H,1-2H3,(H,15,16). The van der Waals surface area contributed by atoms with Gasteiger partial charge in [-0.05, 0) is 11.3 Å². The third kappa shape index (κ3) is 2.83. The number of hydrogen-bond donors (Lipinski definition) is 2. The van der Waals surface area contributed by atoms with E-state index in [2.05, 4.69) is 0 Å². The fraction of sp³-hybridized carbons (Fsp3) is 0.700. The molecule has 0 spiro atoms. The summed E-state index contributed by atoms with van der Waals surface area (Å²) in [5, 5.41) is 18.3. The maximum atomic E-state index is 10.9. The molecule has 16 heavy (non-hydrogen) atoms. The molecular formula is C10H13Cl3O3. The van der Waals surface area contributed by atoms with Gasteiger partial charge in [-0.1, -0.05) is 60.8 Å². The number of alkyl halides is 3. The smallest absolute Gasteiger partial charge is 0.307 e. The van der Waals surface area contributed by atoms with Gasteiger partial charge in [-0.3, -0.25) is 4.79 Å². The molecule has 0 heterocycles. The lowest BCUT2D eigenvalue weighted by molar-refractivity contribution is -0.139. The summed E-state index contributed by atoms with van der Waals surface area (Å²) in [6.45, 7) is 3.70. The van der Waals surface area contributed by atoms with E-state index in [0.29, 0.717) is 0 Å². The van der Waals surface area contributed by atoms with Crippen LogP contribution in [0.2, 0.25) is 0 Å². The Morgan fingerprint density at radius 1 is 1.44 bits per heavy atom. The lowest BCUT2D eigenvalue weighted by Gasteiger charge is -2.14. The van der Waals surface area contributed by atoms with Gasteiger partial charge in [-0.25, -0.2) is 0 Å². The highest BCUT2D eigenvalue weighted by Crippen LogP contribution is 2.59. The zero-order valence-corrected chi connectivity index (χ0v) is 11.1. The fourth-order valence-electron chi connectivity index (χ4n) is 1.84. The van der Waals surface area contributed by atoms with Crippen molar-refractivity contribution in [2.75, 3.05) is 0 Å². The number of aliphatic hydroxyl groups excluding tert-OH is 1. The molecule has 1 aliphatic carbocycles. The summed E-state index contributed by atoms with van der Waals surface area (Å²) in [6, 6.07) is 0. The van der Waals surface area contributed by atoms with E-state index in [1.807, 2.05) is 13.8 Å². The van der Waals surface area contributed by atoms with Gasteiger partial charge in [0.1, 0.15) is 6.10 Å². The predicted octanol–water partition coefficient (Wildman–Crippen LogP) is 2.63. The molecule has 3 unspecified atom stereocenters. The summed E-state index contributed by atoms with van der Waals surface area (Å²) < 4.78 is -1.78. The molecule has 1 saturated carbocycles. The molecule has 0 aromatic carbocycles. The molecular weight excluding hydrogens is 274 g/mol. The Hall–Kier alpha value is 0.0400. The number of rotatable bonds is 3. The number of aliphatic hydroxyl groups is 1.